The van der Waals surface area contributed by atoms with Crippen LogP contribution in [0.1, 0.15) is 6.42 Å². The van der Waals surface area contributed by atoms with Gasteiger partial charge in [0.2, 0.25) is 5.91 Å². The van der Waals surface area contributed by atoms with E-state index in [0.29, 0.717) is 13.0 Å². The molecular formula is C11H15N3O3. The Kier molecular flexibility index (Phi) is 4.67. The van der Waals surface area contributed by atoms with Gasteiger partial charge in [0.25, 0.3) is 5.91 Å². The molecule has 0 aromatic carbocycles. The van der Waals surface area contributed by atoms with Crippen LogP contribution in [0.15, 0.2) is 0 Å². The molecule has 17 heavy (non-hydrogen) atoms. The topological polar surface area (TPSA) is 92.5 Å². The van der Waals surface area contributed by atoms with Gasteiger partial charge in [-0.15, -0.1) is 6.42 Å². The Morgan fingerprint density at radius 2 is 2.29 bits per heavy atom. The van der Waals surface area contributed by atoms with Crippen molar-refractivity contribution in [3.63, 3.8) is 0 Å². The Bertz CT molecular complexity index is 373. The Labute approximate surface area is 99.5 Å². The summed E-state index contributed by atoms with van der Waals surface area (Å²) in [7, 11) is 0. The Hall–Kier alpha value is -1.87. The van der Waals surface area contributed by atoms with Gasteiger partial charge in [-0.25, -0.2) is 0 Å². The van der Waals surface area contributed by atoms with Gasteiger partial charge in [0.15, 0.2) is 5.78 Å². The van der Waals surface area contributed by atoms with Crippen LogP contribution in [0.2, 0.25) is 0 Å². The molecule has 6 nitrogen and oxygen atoms in total. The van der Waals surface area contributed by atoms with Gasteiger partial charge in [-0.05, 0) is 12.3 Å². The summed E-state index contributed by atoms with van der Waals surface area (Å²) in [6, 6.07) is 0. The maximum Gasteiger partial charge on any atom is 0.298 e. The number of Topliss-reactive ketones (excluding diaryl/α,β-unsaturated/α-hetero) is 1. The van der Waals surface area contributed by atoms with Crippen LogP contribution in [-0.4, -0.2) is 48.7 Å². The number of nitrogens with one attached hydrogen (secondary N) is 1. The molecule has 92 valence electrons. The van der Waals surface area contributed by atoms with Gasteiger partial charge in [-0.2, -0.15) is 0 Å². The van der Waals surface area contributed by atoms with Crippen molar-refractivity contribution in [3.05, 3.63) is 0 Å². The van der Waals surface area contributed by atoms with Crippen LogP contribution in [0.4, 0.5) is 0 Å². The highest BCUT2D eigenvalue weighted by molar-refractivity contribution is 5.96. The molecule has 1 atom stereocenters. The number of ketones is 1. The molecule has 1 unspecified atom stereocenters. The molecule has 1 heterocycles. The zero-order chi connectivity index (χ0) is 12.8. The Morgan fingerprint density at radius 1 is 1.59 bits per heavy atom. The molecule has 0 radical (unpaired) electrons. The van der Waals surface area contributed by atoms with Crippen molar-refractivity contribution in [3.8, 4) is 12.3 Å². The molecule has 2 amide bonds. The molecular weight excluding hydrogens is 222 g/mol. The average molecular weight is 237 g/mol. The maximum absolute atomic E-state index is 11.4. The second-order valence-electron chi connectivity index (χ2n) is 3.85. The quantitative estimate of drug-likeness (QED) is 0.547. The maximum atomic E-state index is 11.4. The smallest absolute Gasteiger partial charge is 0.298 e. The molecule has 0 bridgehead atoms. The zero-order valence-corrected chi connectivity index (χ0v) is 9.44. The lowest BCUT2D eigenvalue weighted by Crippen LogP contribution is -2.41. The number of carbonyl (C=O) groups excluding carboxylic acids is 3. The second-order valence-corrected chi connectivity index (χ2v) is 3.85. The number of nitrogens with two attached hydrogens (primary N) is 1. The highest BCUT2D eigenvalue weighted by Gasteiger charge is 2.28. The van der Waals surface area contributed by atoms with E-state index in [0.717, 1.165) is 0 Å². The van der Waals surface area contributed by atoms with Crippen molar-refractivity contribution >= 4 is 17.6 Å². The Balaban J connectivity index is 2.63. The molecule has 0 aromatic rings. The average Bonchev–Trinajstić information content (AvgIpc) is 2.73. The molecule has 1 saturated heterocycles. The lowest BCUT2D eigenvalue weighted by molar-refractivity contribution is -0.132. The van der Waals surface area contributed by atoms with E-state index >= 15 is 0 Å². The van der Waals surface area contributed by atoms with E-state index in [4.69, 9.17) is 12.2 Å². The zero-order valence-electron chi connectivity index (χ0n) is 9.44. The van der Waals surface area contributed by atoms with E-state index in [1.165, 1.54) is 4.90 Å². The number of terminal acetylenes is 1. The fraction of sp³-hybridized carbons (Fsp3) is 0.545. The van der Waals surface area contributed by atoms with Crippen LogP contribution in [0.5, 0.6) is 0 Å². The molecule has 0 saturated carbocycles. The summed E-state index contributed by atoms with van der Waals surface area (Å²) < 4.78 is 0. The molecule has 0 aliphatic carbocycles. The number of hydrogen-bond donors (Lipinski definition) is 2. The van der Waals surface area contributed by atoms with Crippen LogP contribution < -0.4 is 11.1 Å². The van der Waals surface area contributed by atoms with Crippen molar-refractivity contribution in [1.82, 2.24) is 10.2 Å². The fourth-order valence-electron chi connectivity index (χ4n) is 1.67. The normalized spacial score (nSPS) is 18.4. The van der Waals surface area contributed by atoms with E-state index in [-0.39, 0.29) is 37.2 Å². The highest BCUT2D eigenvalue weighted by atomic mass is 16.2. The predicted octanol–water partition coefficient (Wildman–Crippen LogP) is -1.89. The van der Waals surface area contributed by atoms with E-state index in [1.54, 1.807) is 0 Å². The van der Waals surface area contributed by atoms with E-state index in [1.807, 2.05) is 5.92 Å². The minimum Gasteiger partial charge on any atom is -0.356 e. The minimum absolute atomic E-state index is 0.111. The summed E-state index contributed by atoms with van der Waals surface area (Å²) in [5.41, 5.74) is 5.18. The first-order valence-electron chi connectivity index (χ1n) is 5.33. The summed E-state index contributed by atoms with van der Waals surface area (Å²) in [5, 5.41) is 2.66. The molecule has 1 aliphatic rings. The number of carbonyl (C=O) groups is 3. The lowest BCUT2D eigenvalue weighted by Gasteiger charge is -2.21. The molecule has 0 aromatic heterocycles. The standard InChI is InChI=1S/C11H15N3O3/c1-2-10(16)14(7-9(15)5-12)6-8-3-4-13-11(8)17/h1,8H,3-7,12H2,(H,13,17). The van der Waals surface area contributed by atoms with Gasteiger partial charge in [0.05, 0.1) is 19.0 Å². The summed E-state index contributed by atoms with van der Waals surface area (Å²) in [4.78, 5) is 35.2. The van der Waals surface area contributed by atoms with E-state index in [2.05, 4.69) is 5.32 Å². The summed E-state index contributed by atoms with van der Waals surface area (Å²) in [6.45, 7) is 0.474. The van der Waals surface area contributed by atoms with Gasteiger partial charge in [0, 0.05) is 13.1 Å². The van der Waals surface area contributed by atoms with Gasteiger partial charge < -0.3 is 16.0 Å². The summed E-state index contributed by atoms with van der Waals surface area (Å²) in [5.74, 6) is 0.664. The molecule has 1 aliphatic heterocycles. The molecule has 0 spiro atoms. The SMILES string of the molecule is C#CC(=O)N(CC(=O)CN)CC1CCNC1=O. The third kappa shape index (κ3) is 3.57. The largest absolute Gasteiger partial charge is 0.356 e. The van der Waals surface area contributed by atoms with Crippen LogP contribution in [0, 0.1) is 18.3 Å². The molecule has 1 fully saturated rings. The molecule has 3 N–H and O–H groups in total. The van der Waals surface area contributed by atoms with E-state index < -0.39 is 5.91 Å². The second kappa shape index (κ2) is 6.01. The molecule has 1 rings (SSSR count). The van der Waals surface area contributed by atoms with Crippen LogP contribution in [0.25, 0.3) is 0 Å². The van der Waals surface area contributed by atoms with Crippen LogP contribution in [-0.2, 0) is 14.4 Å². The predicted molar refractivity (Wildman–Crippen MR) is 60.6 cm³/mol. The van der Waals surface area contributed by atoms with Gasteiger partial charge >= 0.3 is 0 Å². The third-order valence-corrected chi connectivity index (χ3v) is 2.61. The monoisotopic (exact) mass is 237 g/mol. The van der Waals surface area contributed by atoms with Gasteiger partial charge in [-0.1, -0.05) is 0 Å². The third-order valence-electron chi connectivity index (χ3n) is 2.61. The van der Waals surface area contributed by atoms with Crippen molar-refractivity contribution < 1.29 is 14.4 Å². The lowest BCUT2D eigenvalue weighted by atomic mass is 10.1. The number of amides is 2. The fourth-order valence-corrected chi connectivity index (χ4v) is 1.67. The van der Waals surface area contributed by atoms with Crippen molar-refractivity contribution in [2.75, 3.05) is 26.2 Å². The first-order valence-corrected chi connectivity index (χ1v) is 5.33. The Morgan fingerprint density at radius 3 is 2.76 bits per heavy atom. The van der Waals surface area contributed by atoms with E-state index in [9.17, 15) is 14.4 Å². The summed E-state index contributed by atoms with van der Waals surface area (Å²) >= 11 is 0. The number of hydrogen-bond acceptors (Lipinski definition) is 4. The van der Waals surface area contributed by atoms with Gasteiger partial charge in [0.1, 0.15) is 0 Å². The van der Waals surface area contributed by atoms with Crippen LogP contribution in [0.3, 0.4) is 0 Å². The first kappa shape index (κ1) is 13.2. The number of nitrogens with zero attached hydrogens (tertiary/aromatic N) is 1. The van der Waals surface area contributed by atoms with Gasteiger partial charge in [-0.3, -0.25) is 14.4 Å². The first-order chi connectivity index (χ1) is 8.08. The summed E-state index contributed by atoms with van der Waals surface area (Å²) in [6.07, 6.45) is 5.66. The van der Waals surface area contributed by atoms with Crippen molar-refractivity contribution in [1.29, 1.82) is 0 Å². The highest BCUT2D eigenvalue weighted by Crippen LogP contribution is 2.11. The van der Waals surface area contributed by atoms with Crippen molar-refractivity contribution in [2.45, 2.75) is 6.42 Å². The molecule has 6 heteroatoms. The van der Waals surface area contributed by atoms with Crippen LogP contribution >= 0.6 is 0 Å². The number of rotatable bonds is 5. The minimum atomic E-state index is -0.591. The van der Waals surface area contributed by atoms with Crippen molar-refractivity contribution in [2.24, 2.45) is 11.7 Å².